The van der Waals surface area contributed by atoms with Gasteiger partial charge in [-0.2, -0.15) is 0 Å². The van der Waals surface area contributed by atoms with Gasteiger partial charge >= 0.3 is 0 Å². The number of halogens is 1. The third-order valence-corrected chi connectivity index (χ3v) is 4.59. The molecule has 1 aliphatic heterocycles. The van der Waals surface area contributed by atoms with Gasteiger partial charge in [0.1, 0.15) is 0 Å². The van der Waals surface area contributed by atoms with Gasteiger partial charge in [0.2, 0.25) is 0 Å². The zero-order valence-corrected chi connectivity index (χ0v) is 13.6. The van der Waals surface area contributed by atoms with Crippen LogP contribution in [0.2, 0.25) is 5.02 Å². The molecule has 0 radical (unpaired) electrons. The minimum Gasteiger partial charge on any atom is -0.326 e. The van der Waals surface area contributed by atoms with Gasteiger partial charge in [-0.3, -0.25) is 4.90 Å². The van der Waals surface area contributed by atoms with E-state index in [0.29, 0.717) is 0 Å². The number of nitrogens with two attached hydrogens (primary N) is 1. The summed E-state index contributed by atoms with van der Waals surface area (Å²) in [6.45, 7) is 9.12. The first-order valence-corrected chi connectivity index (χ1v) is 8.14. The highest BCUT2D eigenvalue weighted by molar-refractivity contribution is 6.30. The Labute approximate surface area is 128 Å². The van der Waals surface area contributed by atoms with E-state index in [-0.39, 0.29) is 12.1 Å². The van der Waals surface area contributed by atoms with Crippen LogP contribution in [-0.4, -0.2) is 24.0 Å². The normalized spacial score (nSPS) is 27.2. The van der Waals surface area contributed by atoms with Gasteiger partial charge in [-0.15, -0.1) is 0 Å². The number of rotatable bonds is 4. The number of benzene rings is 1. The molecule has 0 aromatic heterocycles. The Morgan fingerprint density at radius 3 is 2.50 bits per heavy atom. The minimum atomic E-state index is 0.158. The van der Waals surface area contributed by atoms with Crippen molar-refractivity contribution in [2.45, 2.75) is 45.7 Å². The Kier molecular flexibility index (Phi) is 5.48. The van der Waals surface area contributed by atoms with Crippen LogP contribution in [0.1, 0.15) is 45.2 Å². The highest BCUT2D eigenvalue weighted by Gasteiger charge is 2.31. The molecular formula is C17H27ClN2. The van der Waals surface area contributed by atoms with Crippen molar-refractivity contribution in [3.8, 4) is 0 Å². The fourth-order valence-corrected chi connectivity index (χ4v) is 3.78. The number of likely N-dealkylation sites (tertiary alicyclic amines) is 1. The number of nitrogens with zero attached hydrogens (tertiary/aromatic N) is 1. The first-order chi connectivity index (χ1) is 9.51. The molecule has 1 fully saturated rings. The molecule has 4 unspecified atom stereocenters. The fourth-order valence-electron chi connectivity index (χ4n) is 3.58. The van der Waals surface area contributed by atoms with E-state index in [0.717, 1.165) is 36.4 Å². The number of hydrogen-bond donors (Lipinski definition) is 1. The predicted molar refractivity (Wildman–Crippen MR) is 87.0 cm³/mol. The summed E-state index contributed by atoms with van der Waals surface area (Å²) in [4.78, 5) is 2.57. The van der Waals surface area contributed by atoms with Crippen LogP contribution in [0.5, 0.6) is 0 Å². The summed E-state index contributed by atoms with van der Waals surface area (Å²) < 4.78 is 0. The molecule has 1 aromatic carbocycles. The summed E-state index contributed by atoms with van der Waals surface area (Å²) in [5.41, 5.74) is 7.69. The molecule has 1 aliphatic rings. The zero-order chi connectivity index (χ0) is 14.7. The van der Waals surface area contributed by atoms with E-state index in [1.165, 1.54) is 12.0 Å². The van der Waals surface area contributed by atoms with E-state index in [2.05, 4.69) is 37.8 Å². The highest BCUT2D eigenvalue weighted by Crippen LogP contribution is 2.32. The van der Waals surface area contributed by atoms with Crippen LogP contribution in [0, 0.1) is 11.8 Å². The Balaban J connectivity index is 2.27. The van der Waals surface area contributed by atoms with Crippen LogP contribution in [0.25, 0.3) is 0 Å². The lowest BCUT2D eigenvalue weighted by atomic mass is 9.87. The molecule has 112 valence electrons. The van der Waals surface area contributed by atoms with Gasteiger partial charge in [-0.25, -0.2) is 0 Å². The second-order valence-corrected chi connectivity index (χ2v) is 6.91. The van der Waals surface area contributed by atoms with Gasteiger partial charge in [0.25, 0.3) is 0 Å². The van der Waals surface area contributed by atoms with Gasteiger partial charge in [-0.1, -0.05) is 44.5 Å². The van der Waals surface area contributed by atoms with Crippen LogP contribution in [0.3, 0.4) is 0 Å². The van der Waals surface area contributed by atoms with E-state index in [1.807, 2.05) is 12.1 Å². The molecule has 1 heterocycles. The van der Waals surface area contributed by atoms with Crippen molar-refractivity contribution in [1.82, 2.24) is 4.90 Å². The van der Waals surface area contributed by atoms with E-state index in [4.69, 9.17) is 17.3 Å². The Bertz CT molecular complexity index is 425. The maximum absolute atomic E-state index is 6.44. The molecule has 0 spiro atoms. The molecule has 3 heteroatoms. The van der Waals surface area contributed by atoms with Crippen molar-refractivity contribution in [3.63, 3.8) is 0 Å². The van der Waals surface area contributed by atoms with Gasteiger partial charge in [-0.05, 0) is 42.4 Å². The Morgan fingerprint density at radius 2 is 1.95 bits per heavy atom. The molecule has 1 aromatic rings. The Hall–Kier alpha value is -0.570. The molecular weight excluding hydrogens is 268 g/mol. The largest absolute Gasteiger partial charge is 0.326 e. The SMILES string of the molecule is CCC(N)C(c1cccc(Cl)c1)N1CC(C)CC(C)C1. The second kappa shape index (κ2) is 6.93. The summed E-state index contributed by atoms with van der Waals surface area (Å²) in [7, 11) is 0. The number of piperidine rings is 1. The predicted octanol–water partition coefficient (Wildman–Crippen LogP) is 4.10. The Morgan fingerprint density at radius 1 is 1.30 bits per heavy atom. The fraction of sp³-hybridized carbons (Fsp3) is 0.647. The van der Waals surface area contributed by atoms with Crippen LogP contribution >= 0.6 is 11.6 Å². The van der Waals surface area contributed by atoms with Crippen molar-refractivity contribution in [2.24, 2.45) is 17.6 Å². The third kappa shape index (κ3) is 3.75. The molecule has 2 N–H and O–H groups in total. The molecule has 4 atom stereocenters. The molecule has 0 saturated carbocycles. The summed E-state index contributed by atoms with van der Waals surface area (Å²) in [6, 6.07) is 8.64. The van der Waals surface area contributed by atoms with Gasteiger partial charge in [0.15, 0.2) is 0 Å². The average Bonchev–Trinajstić information content (AvgIpc) is 2.37. The van der Waals surface area contributed by atoms with Gasteiger partial charge < -0.3 is 5.73 Å². The van der Waals surface area contributed by atoms with Crippen LogP contribution in [0.15, 0.2) is 24.3 Å². The van der Waals surface area contributed by atoms with E-state index in [1.54, 1.807) is 0 Å². The van der Waals surface area contributed by atoms with Gasteiger partial charge in [0.05, 0.1) is 0 Å². The average molecular weight is 295 g/mol. The molecule has 2 nitrogen and oxygen atoms in total. The van der Waals surface area contributed by atoms with Gasteiger partial charge in [0, 0.05) is 30.2 Å². The van der Waals surface area contributed by atoms with E-state index < -0.39 is 0 Å². The topological polar surface area (TPSA) is 29.3 Å². The van der Waals surface area contributed by atoms with Crippen molar-refractivity contribution in [1.29, 1.82) is 0 Å². The molecule has 20 heavy (non-hydrogen) atoms. The lowest BCUT2D eigenvalue weighted by Gasteiger charge is -2.42. The summed E-state index contributed by atoms with van der Waals surface area (Å²) in [5.74, 6) is 1.48. The van der Waals surface area contributed by atoms with Crippen molar-refractivity contribution in [2.75, 3.05) is 13.1 Å². The summed E-state index contributed by atoms with van der Waals surface area (Å²) in [6.07, 6.45) is 2.30. The summed E-state index contributed by atoms with van der Waals surface area (Å²) >= 11 is 6.17. The highest BCUT2D eigenvalue weighted by atomic mass is 35.5. The van der Waals surface area contributed by atoms with Crippen molar-refractivity contribution >= 4 is 11.6 Å². The lowest BCUT2D eigenvalue weighted by molar-refractivity contribution is 0.0810. The molecule has 1 saturated heterocycles. The van der Waals surface area contributed by atoms with Crippen molar-refractivity contribution < 1.29 is 0 Å². The molecule has 2 rings (SSSR count). The lowest BCUT2D eigenvalue weighted by Crippen LogP contribution is -2.47. The third-order valence-electron chi connectivity index (χ3n) is 4.36. The maximum Gasteiger partial charge on any atom is 0.0499 e. The first kappa shape index (κ1) is 15.8. The second-order valence-electron chi connectivity index (χ2n) is 6.47. The van der Waals surface area contributed by atoms with Crippen LogP contribution < -0.4 is 5.73 Å². The van der Waals surface area contributed by atoms with Crippen LogP contribution in [-0.2, 0) is 0 Å². The summed E-state index contributed by atoms with van der Waals surface area (Å²) in [5, 5.41) is 0.800. The van der Waals surface area contributed by atoms with Crippen LogP contribution in [0.4, 0.5) is 0 Å². The maximum atomic E-state index is 6.44. The minimum absolute atomic E-state index is 0.158. The van der Waals surface area contributed by atoms with Crippen molar-refractivity contribution in [3.05, 3.63) is 34.9 Å². The first-order valence-electron chi connectivity index (χ1n) is 7.76. The zero-order valence-electron chi connectivity index (χ0n) is 12.8. The monoisotopic (exact) mass is 294 g/mol. The van der Waals surface area contributed by atoms with E-state index in [9.17, 15) is 0 Å². The molecule has 0 amide bonds. The number of hydrogen-bond acceptors (Lipinski definition) is 2. The molecule has 0 aliphatic carbocycles. The smallest absolute Gasteiger partial charge is 0.0499 e. The van der Waals surface area contributed by atoms with E-state index >= 15 is 0 Å². The standard InChI is InChI=1S/C17H27ClN2/c1-4-16(19)17(14-6-5-7-15(18)9-14)20-10-12(2)8-13(3)11-20/h5-7,9,12-13,16-17H,4,8,10-11,19H2,1-3H3. The molecule has 0 bridgehead atoms. The quantitative estimate of drug-likeness (QED) is 0.906.